The first-order valence-corrected chi connectivity index (χ1v) is 5.88. The molecule has 1 aliphatic heterocycles. The summed E-state index contributed by atoms with van der Waals surface area (Å²) in [6, 6.07) is 2.82. The molecule has 1 N–H and O–H groups in total. The number of halogens is 2. The molecule has 0 fully saturated rings. The number of benzene rings is 1. The zero-order chi connectivity index (χ0) is 11.7. The van der Waals surface area contributed by atoms with Crippen LogP contribution in [0.1, 0.15) is 31.4 Å². The summed E-state index contributed by atoms with van der Waals surface area (Å²) < 4.78 is 19.1. The summed E-state index contributed by atoms with van der Waals surface area (Å²) in [4.78, 5) is 0. The van der Waals surface area contributed by atoms with Crippen molar-refractivity contribution in [2.24, 2.45) is 0 Å². The number of rotatable bonds is 3. The Morgan fingerprint density at radius 2 is 2.25 bits per heavy atom. The van der Waals surface area contributed by atoms with E-state index < -0.39 is 0 Å². The molecule has 2 nitrogen and oxygen atoms in total. The van der Waals surface area contributed by atoms with E-state index in [1.54, 1.807) is 0 Å². The van der Waals surface area contributed by atoms with Gasteiger partial charge in [-0.2, -0.15) is 0 Å². The first-order valence-electron chi connectivity index (χ1n) is 5.50. The molecular formula is C12H15ClFNO. The van der Waals surface area contributed by atoms with Gasteiger partial charge in [-0.3, -0.25) is 0 Å². The standard InChI is InChI=1S/C12H15ClFNO/c1-3-4-10-11(15-2)8-5-7(14)6-9(13)12(8)16-10/h5-6,10-11,15H,3-4H2,1-2H3. The lowest BCUT2D eigenvalue weighted by molar-refractivity contribution is 0.182. The van der Waals surface area contributed by atoms with E-state index in [4.69, 9.17) is 16.3 Å². The van der Waals surface area contributed by atoms with Gasteiger partial charge in [0.1, 0.15) is 17.7 Å². The van der Waals surface area contributed by atoms with Crippen molar-refractivity contribution in [3.8, 4) is 5.75 Å². The van der Waals surface area contributed by atoms with E-state index in [0.717, 1.165) is 18.4 Å². The zero-order valence-electron chi connectivity index (χ0n) is 9.39. The molecular weight excluding hydrogens is 229 g/mol. The van der Waals surface area contributed by atoms with Gasteiger partial charge < -0.3 is 10.1 Å². The van der Waals surface area contributed by atoms with Crippen molar-refractivity contribution in [1.82, 2.24) is 5.32 Å². The van der Waals surface area contributed by atoms with Crippen LogP contribution in [0.3, 0.4) is 0 Å². The summed E-state index contributed by atoms with van der Waals surface area (Å²) in [5, 5.41) is 3.51. The van der Waals surface area contributed by atoms with Crippen molar-refractivity contribution in [3.63, 3.8) is 0 Å². The maximum absolute atomic E-state index is 13.3. The van der Waals surface area contributed by atoms with Gasteiger partial charge in [0, 0.05) is 5.56 Å². The monoisotopic (exact) mass is 243 g/mol. The number of fused-ring (bicyclic) bond motifs is 1. The quantitative estimate of drug-likeness (QED) is 0.880. The molecule has 0 amide bonds. The van der Waals surface area contributed by atoms with E-state index in [9.17, 15) is 4.39 Å². The van der Waals surface area contributed by atoms with Gasteiger partial charge in [0.05, 0.1) is 11.1 Å². The van der Waals surface area contributed by atoms with Gasteiger partial charge in [-0.05, 0) is 25.6 Å². The molecule has 1 aliphatic rings. The first-order chi connectivity index (χ1) is 7.67. The summed E-state index contributed by atoms with van der Waals surface area (Å²) in [6.07, 6.45) is 2.00. The van der Waals surface area contributed by atoms with Gasteiger partial charge >= 0.3 is 0 Å². The van der Waals surface area contributed by atoms with Crippen LogP contribution in [0.2, 0.25) is 5.02 Å². The van der Waals surface area contributed by atoms with Crippen molar-refractivity contribution in [1.29, 1.82) is 0 Å². The van der Waals surface area contributed by atoms with Gasteiger partial charge in [0.15, 0.2) is 0 Å². The van der Waals surface area contributed by atoms with E-state index >= 15 is 0 Å². The minimum absolute atomic E-state index is 0.0307. The fourth-order valence-electron chi connectivity index (χ4n) is 2.21. The Morgan fingerprint density at radius 1 is 1.50 bits per heavy atom. The molecule has 0 spiro atoms. The highest BCUT2D eigenvalue weighted by Gasteiger charge is 2.34. The van der Waals surface area contributed by atoms with Crippen LogP contribution >= 0.6 is 11.6 Å². The maximum Gasteiger partial charge on any atom is 0.143 e. The van der Waals surface area contributed by atoms with Crippen LogP contribution in [0.5, 0.6) is 5.75 Å². The lowest BCUT2D eigenvalue weighted by Crippen LogP contribution is -2.28. The fraction of sp³-hybridized carbons (Fsp3) is 0.500. The topological polar surface area (TPSA) is 21.3 Å². The third-order valence-electron chi connectivity index (χ3n) is 2.90. The minimum atomic E-state index is -0.315. The van der Waals surface area contributed by atoms with E-state index in [0.29, 0.717) is 10.8 Å². The Kier molecular flexibility index (Phi) is 3.36. The smallest absolute Gasteiger partial charge is 0.143 e. The van der Waals surface area contributed by atoms with E-state index in [-0.39, 0.29) is 18.0 Å². The minimum Gasteiger partial charge on any atom is -0.487 e. The number of hydrogen-bond donors (Lipinski definition) is 1. The SMILES string of the molecule is CCCC1Oc2c(Cl)cc(F)cc2C1NC. The van der Waals surface area contributed by atoms with E-state index in [1.165, 1.54) is 12.1 Å². The molecule has 88 valence electrons. The molecule has 16 heavy (non-hydrogen) atoms. The van der Waals surface area contributed by atoms with Crippen LogP contribution in [-0.2, 0) is 0 Å². The molecule has 0 radical (unpaired) electrons. The van der Waals surface area contributed by atoms with Crippen LogP contribution in [0, 0.1) is 5.82 Å². The summed E-state index contributed by atoms with van der Waals surface area (Å²) in [5.41, 5.74) is 0.825. The van der Waals surface area contributed by atoms with Gasteiger partial charge in [-0.1, -0.05) is 24.9 Å². The second-order valence-electron chi connectivity index (χ2n) is 4.02. The molecule has 0 saturated heterocycles. The Labute approximate surface area is 99.7 Å². The van der Waals surface area contributed by atoms with Crippen molar-refractivity contribution in [3.05, 3.63) is 28.5 Å². The average Bonchev–Trinajstić information content (AvgIpc) is 2.56. The average molecular weight is 244 g/mol. The van der Waals surface area contributed by atoms with Crippen LogP contribution < -0.4 is 10.1 Å². The summed E-state index contributed by atoms with van der Waals surface area (Å²) in [7, 11) is 1.85. The lowest BCUT2D eigenvalue weighted by atomic mass is 10.0. The van der Waals surface area contributed by atoms with Gasteiger partial charge in [0.2, 0.25) is 0 Å². The summed E-state index contributed by atoms with van der Waals surface area (Å²) in [5.74, 6) is 0.311. The molecule has 0 aromatic heterocycles. The highest BCUT2D eigenvalue weighted by molar-refractivity contribution is 6.32. The molecule has 2 atom stereocenters. The highest BCUT2D eigenvalue weighted by atomic mass is 35.5. The number of likely N-dealkylation sites (N-methyl/N-ethyl adjacent to an activating group) is 1. The Hall–Kier alpha value is -0.800. The molecule has 0 aliphatic carbocycles. The van der Waals surface area contributed by atoms with E-state index in [2.05, 4.69) is 12.2 Å². The normalized spacial score (nSPS) is 23.0. The third kappa shape index (κ3) is 1.89. The van der Waals surface area contributed by atoms with Crippen molar-refractivity contribution < 1.29 is 9.13 Å². The Bertz CT molecular complexity index is 397. The third-order valence-corrected chi connectivity index (χ3v) is 3.18. The van der Waals surface area contributed by atoms with Gasteiger partial charge in [-0.25, -0.2) is 4.39 Å². The molecule has 1 aromatic carbocycles. The lowest BCUT2D eigenvalue weighted by Gasteiger charge is -2.17. The van der Waals surface area contributed by atoms with E-state index in [1.807, 2.05) is 7.05 Å². The Morgan fingerprint density at radius 3 is 2.88 bits per heavy atom. The number of nitrogens with one attached hydrogen (secondary N) is 1. The molecule has 2 rings (SSSR count). The van der Waals surface area contributed by atoms with Gasteiger partial charge in [-0.15, -0.1) is 0 Å². The molecule has 0 saturated carbocycles. The first kappa shape index (κ1) is 11.7. The molecule has 1 aromatic rings. The van der Waals surface area contributed by atoms with Crippen LogP contribution in [0.4, 0.5) is 4.39 Å². The molecule has 2 unspecified atom stereocenters. The predicted octanol–water partition coefficient (Wildman–Crippen LogP) is 3.30. The van der Waals surface area contributed by atoms with Crippen molar-refractivity contribution >= 4 is 11.6 Å². The van der Waals surface area contributed by atoms with Crippen molar-refractivity contribution in [2.45, 2.75) is 31.9 Å². The molecule has 4 heteroatoms. The fourth-order valence-corrected chi connectivity index (χ4v) is 2.46. The number of ether oxygens (including phenoxy) is 1. The summed E-state index contributed by atoms with van der Waals surface area (Å²) >= 11 is 5.97. The summed E-state index contributed by atoms with van der Waals surface area (Å²) in [6.45, 7) is 2.10. The highest BCUT2D eigenvalue weighted by Crippen LogP contribution is 2.43. The zero-order valence-corrected chi connectivity index (χ0v) is 10.1. The number of hydrogen-bond acceptors (Lipinski definition) is 2. The van der Waals surface area contributed by atoms with Crippen molar-refractivity contribution in [2.75, 3.05) is 7.05 Å². The largest absolute Gasteiger partial charge is 0.487 e. The van der Waals surface area contributed by atoms with Crippen LogP contribution in [-0.4, -0.2) is 13.2 Å². The second-order valence-corrected chi connectivity index (χ2v) is 4.42. The van der Waals surface area contributed by atoms with Gasteiger partial charge in [0.25, 0.3) is 0 Å². The predicted molar refractivity (Wildman–Crippen MR) is 62.5 cm³/mol. The van der Waals surface area contributed by atoms with Crippen LogP contribution in [0.15, 0.2) is 12.1 Å². The molecule has 0 bridgehead atoms. The second kappa shape index (κ2) is 4.60. The molecule has 1 heterocycles. The Balaban J connectivity index is 2.38. The van der Waals surface area contributed by atoms with Crippen LogP contribution in [0.25, 0.3) is 0 Å². The maximum atomic E-state index is 13.3.